The van der Waals surface area contributed by atoms with Crippen LogP contribution in [-0.4, -0.2) is 29.4 Å². The minimum absolute atomic E-state index is 0.0170. The molecule has 0 spiro atoms. The Labute approximate surface area is 133 Å². The van der Waals surface area contributed by atoms with E-state index < -0.39 is 0 Å². The van der Waals surface area contributed by atoms with Crippen molar-refractivity contribution < 1.29 is 9.21 Å². The summed E-state index contributed by atoms with van der Waals surface area (Å²) in [6, 6.07) is 13.4. The van der Waals surface area contributed by atoms with Crippen molar-refractivity contribution in [3.05, 3.63) is 53.6 Å². The molecular formula is C17H16N2O2S. The molecule has 0 N–H and O–H groups in total. The zero-order valence-corrected chi connectivity index (χ0v) is 13.3. The second-order valence-corrected chi connectivity index (χ2v) is 5.86. The third-order valence-electron chi connectivity index (χ3n) is 3.42. The van der Waals surface area contributed by atoms with E-state index in [9.17, 15) is 4.79 Å². The van der Waals surface area contributed by atoms with Crippen molar-refractivity contribution >= 4 is 17.2 Å². The summed E-state index contributed by atoms with van der Waals surface area (Å²) >= 11 is 1.37. The molecule has 0 unspecified atom stereocenters. The molecule has 0 aliphatic carbocycles. The Balaban J connectivity index is 2.12. The number of rotatable bonds is 4. The molecule has 112 valence electrons. The Kier molecular flexibility index (Phi) is 4.06. The van der Waals surface area contributed by atoms with E-state index in [4.69, 9.17) is 4.42 Å². The Morgan fingerprint density at radius 1 is 1.23 bits per heavy atom. The van der Waals surface area contributed by atoms with Crippen molar-refractivity contribution in [2.45, 2.75) is 6.92 Å². The molecule has 0 radical (unpaired) electrons. The smallest absolute Gasteiger partial charge is 0.265 e. The first-order chi connectivity index (χ1) is 10.7. The van der Waals surface area contributed by atoms with Crippen LogP contribution in [0.4, 0.5) is 0 Å². The van der Waals surface area contributed by atoms with Crippen molar-refractivity contribution in [1.29, 1.82) is 0 Å². The molecule has 22 heavy (non-hydrogen) atoms. The van der Waals surface area contributed by atoms with Gasteiger partial charge in [-0.15, -0.1) is 11.3 Å². The highest BCUT2D eigenvalue weighted by molar-refractivity contribution is 7.17. The summed E-state index contributed by atoms with van der Waals surface area (Å²) in [6.45, 7) is 2.61. The standard InChI is InChI=1S/C17H16N2O2S/c1-3-19(2)17(20)15-14(12-8-5-4-6-9-12)18-16(22-15)13-10-7-11-21-13/h4-11H,3H2,1-2H3. The number of carbonyl (C=O) groups excluding carboxylic acids is 1. The fourth-order valence-corrected chi connectivity index (χ4v) is 3.13. The first-order valence-corrected chi connectivity index (χ1v) is 7.88. The molecule has 0 aliphatic rings. The molecule has 3 aromatic rings. The molecule has 0 fully saturated rings. The summed E-state index contributed by atoms with van der Waals surface area (Å²) < 4.78 is 5.41. The van der Waals surface area contributed by atoms with E-state index in [1.807, 2.05) is 49.4 Å². The number of hydrogen-bond donors (Lipinski definition) is 0. The van der Waals surface area contributed by atoms with Gasteiger partial charge in [0.2, 0.25) is 0 Å². The van der Waals surface area contributed by atoms with E-state index in [1.54, 1.807) is 18.2 Å². The zero-order chi connectivity index (χ0) is 15.5. The molecule has 2 heterocycles. The molecular weight excluding hydrogens is 296 g/mol. The SMILES string of the molecule is CCN(C)C(=O)c1sc(-c2ccco2)nc1-c1ccccc1. The highest BCUT2D eigenvalue weighted by Crippen LogP contribution is 2.34. The Morgan fingerprint density at radius 3 is 2.64 bits per heavy atom. The maximum Gasteiger partial charge on any atom is 0.265 e. The van der Waals surface area contributed by atoms with Gasteiger partial charge < -0.3 is 9.32 Å². The van der Waals surface area contributed by atoms with Crippen molar-refractivity contribution in [3.63, 3.8) is 0 Å². The van der Waals surface area contributed by atoms with Gasteiger partial charge >= 0.3 is 0 Å². The molecule has 3 rings (SSSR count). The quantitative estimate of drug-likeness (QED) is 0.726. The number of hydrogen-bond acceptors (Lipinski definition) is 4. The van der Waals surface area contributed by atoms with Gasteiger partial charge in [0, 0.05) is 19.2 Å². The van der Waals surface area contributed by atoms with Crippen molar-refractivity contribution in [2.24, 2.45) is 0 Å². The topological polar surface area (TPSA) is 46.3 Å². The normalized spacial score (nSPS) is 10.6. The average Bonchev–Trinajstić information content (AvgIpc) is 3.23. The third-order valence-corrected chi connectivity index (χ3v) is 4.48. The van der Waals surface area contributed by atoms with Gasteiger partial charge in [-0.1, -0.05) is 30.3 Å². The molecule has 1 amide bonds. The van der Waals surface area contributed by atoms with Gasteiger partial charge in [-0.25, -0.2) is 4.98 Å². The van der Waals surface area contributed by atoms with Crippen LogP contribution < -0.4 is 0 Å². The van der Waals surface area contributed by atoms with Crippen LogP contribution in [0.15, 0.2) is 53.1 Å². The van der Waals surface area contributed by atoms with Crippen molar-refractivity contribution in [1.82, 2.24) is 9.88 Å². The third kappa shape index (κ3) is 2.67. The number of thiazole rings is 1. The predicted octanol–water partition coefficient (Wildman–Crippen LogP) is 4.16. The molecule has 4 nitrogen and oxygen atoms in total. The molecule has 0 saturated heterocycles. The first-order valence-electron chi connectivity index (χ1n) is 7.06. The summed E-state index contributed by atoms with van der Waals surface area (Å²) in [5.74, 6) is 0.664. The zero-order valence-electron chi connectivity index (χ0n) is 12.4. The molecule has 0 atom stereocenters. The lowest BCUT2D eigenvalue weighted by Crippen LogP contribution is -2.25. The maximum atomic E-state index is 12.6. The number of benzene rings is 1. The second-order valence-electron chi connectivity index (χ2n) is 4.86. The van der Waals surface area contributed by atoms with Gasteiger partial charge in [0.1, 0.15) is 4.88 Å². The van der Waals surface area contributed by atoms with E-state index in [-0.39, 0.29) is 5.91 Å². The minimum atomic E-state index is -0.0170. The van der Waals surface area contributed by atoms with Gasteiger partial charge in [-0.3, -0.25) is 4.79 Å². The number of amides is 1. The van der Waals surface area contributed by atoms with Gasteiger partial charge in [0.25, 0.3) is 5.91 Å². The lowest BCUT2D eigenvalue weighted by Gasteiger charge is -2.13. The van der Waals surface area contributed by atoms with Crippen LogP contribution >= 0.6 is 11.3 Å². The monoisotopic (exact) mass is 312 g/mol. The van der Waals surface area contributed by atoms with Crippen LogP contribution in [0.5, 0.6) is 0 Å². The van der Waals surface area contributed by atoms with Crippen LogP contribution in [0.1, 0.15) is 16.6 Å². The lowest BCUT2D eigenvalue weighted by molar-refractivity contribution is 0.0807. The predicted molar refractivity (Wildman–Crippen MR) is 87.9 cm³/mol. The Morgan fingerprint density at radius 2 is 2.00 bits per heavy atom. The fourth-order valence-electron chi connectivity index (χ4n) is 2.08. The summed E-state index contributed by atoms with van der Waals surface area (Å²) in [6.07, 6.45) is 1.61. The van der Waals surface area contributed by atoms with Crippen molar-refractivity contribution in [3.8, 4) is 22.0 Å². The van der Waals surface area contributed by atoms with Crippen LogP contribution in [0.3, 0.4) is 0 Å². The molecule has 5 heteroatoms. The van der Waals surface area contributed by atoms with Crippen LogP contribution in [0.2, 0.25) is 0 Å². The van der Waals surface area contributed by atoms with E-state index >= 15 is 0 Å². The van der Waals surface area contributed by atoms with E-state index in [0.29, 0.717) is 22.9 Å². The van der Waals surface area contributed by atoms with Gasteiger partial charge in [-0.05, 0) is 19.1 Å². The summed E-state index contributed by atoms with van der Waals surface area (Å²) in [5, 5.41) is 0.719. The number of nitrogens with zero attached hydrogens (tertiary/aromatic N) is 2. The molecule has 0 bridgehead atoms. The van der Waals surface area contributed by atoms with E-state index in [0.717, 1.165) is 10.6 Å². The highest BCUT2D eigenvalue weighted by Gasteiger charge is 2.23. The fraction of sp³-hybridized carbons (Fsp3) is 0.176. The number of aromatic nitrogens is 1. The van der Waals surface area contributed by atoms with Crippen LogP contribution in [0.25, 0.3) is 22.0 Å². The number of furan rings is 1. The van der Waals surface area contributed by atoms with Crippen LogP contribution in [0, 0.1) is 0 Å². The first kappa shape index (κ1) is 14.5. The summed E-state index contributed by atoms with van der Waals surface area (Å²) in [7, 11) is 1.80. The van der Waals surface area contributed by atoms with Gasteiger partial charge in [0.15, 0.2) is 10.8 Å². The Hall–Kier alpha value is -2.40. The van der Waals surface area contributed by atoms with Crippen LogP contribution in [-0.2, 0) is 0 Å². The largest absolute Gasteiger partial charge is 0.462 e. The lowest BCUT2D eigenvalue weighted by atomic mass is 10.1. The average molecular weight is 312 g/mol. The van der Waals surface area contributed by atoms with Gasteiger partial charge in [0.05, 0.1) is 12.0 Å². The van der Waals surface area contributed by atoms with E-state index in [1.165, 1.54) is 11.3 Å². The molecule has 2 aromatic heterocycles. The summed E-state index contributed by atoms with van der Waals surface area (Å²) in [5.41, 5.74) is 1.65. The van der Waals surface area contributed by atoms with Crippen molar-refractivity contribution in [2.75, 3.05) is 13.6 Å². The van der Waals surface area contributed by atoms with Gasteiger partial charge in [-0.2, -0.15) is 0 Å². The van der Waals surface area contributed by atoms with E-state index in [2.05, 4.69) is 4.98 Å². The molecule has 1 aromatic carbocycles. The number of carbonyl (C=O) groups is 1. The maximum absolute atomic E-state index is 12.6. The second kappa shape index (κ2) is 6.15. The molecule has 0 aliphatic heterocycles. The molecule has 0 saturated carbocycles. The Bertz CT molecular complexity index is 763. The summed E-state index contributed by atoms with van der Waals surface area (Å²) in [4.78, 5) is 19.6. The highest BCUT2D eigenvalue weighted by atomic mass is 32.1. The minimum Gasteiger partial charge on any atom is -0.462 e.